The molecule has 0 bridgehead atoms. The predicted molar refractivity (Wildman–Crippen MR) is 108 cm³/mol. The summed E-state index contributed by atoms with van der Waals surface area (Å²) in [4.78, 5) is 23.5. The molecule has 0 saturated carbocycles. The third kappa shape index (κ3) is 2.65. The molecule has 6 nitrogen and oxygen atoms in total. The highest BCUT2D eigenvalue weighted by Gasteiger charge is 2.43. The van der Waals surface area contributed by atoms with Gasteiger partial charge in [-0.3, -0.25) is 14.9 Å². The van der Waals surface area contributed by atoms with Crippen LogP contribution in [-0.2, 0) is 5.41 Å². The van der Waals surface area contributed by atoms with Crippen molar-refractivity contribution in [3.05, 3.63) is 86.3 Å². The summed E-state index contributed by atoms with van der Waals surface area (Å²) in [6.07, 6.45) is 5.08. The van der Waals surface area contributed by atoms with Gasteiger partial charge in [0, 0.05) is 29.8 Å². The van der Waals surface area contributed by atoms with E-state index in [1.54, 1.807) is 36.4 Å². The molecule has 2 heterocycles. The summed E-state index contributed by atoms with van der Waals surface area (Å²) >= 11 is 0. The minimum absolute atomic E-state index is 0.0700. The fourth-order valence-corrected chi connectivity index (χ4v) is 3.81. The Balaban J connectivity index is 1.78. The van der Waals surface area contributed by atoms with Gasteiger partial charge in [-0.25, -0.2) is 0 Å². The van der Waals surface area contributed by atoms with Gasteiger partial charge in [0.15, 0.2) is 11.1 Å². The standard InChI is InChI=1S/C22H19N2O4/c1-22(2)17-12-15(24(26)27)9-10-18(17)23(3)20(22)11-8-14-13-28-19-7-5-4-6-16(19)21(14)25/h4-13H,1-3H3/q+1/b11-8+. The normalized spacial score (nSPS) is 15.4. The number of benzene rings is 2. The zero-order valence-electron chi connectivity index (χ0n) is 15.8. The molecule has 1 aliphatic heterocycles. The van der Waals surface area contributed by atoms with Gasteiger partial charge in [-0.15, -0.1) is 0 Å². The highest BCUT2D eigenvalue weighted by atomic mass is 16.6. The van der Waals surface area contributed by atoms with E-state index >= 15 is 0 Å². The highest BCUT2D eigenvalue weighted by Crippen LogP contribution is 2.41. The summed E-state index contributed by atoms with van der Waals surface area (Å²) in [7, 11) is 1.92. The number of nitro groups is 1. The van der Waals surface area contributed by atoms with Gasteiger partial charge >= 0.3 is 0 Å². The molecule has 4 rings (SSSR count). The SMILES string of the molecule is C[N+]1=C(/C=C/c2coc3ccccc3c2=O)C(C)(C)c2cc([N+](=O)[O-])ccc21. The number of nitrogens with zero attached hydrogens (tertiary/aromatic N) is 2. The summed E-state index contributed by atoms with van der Waals surface area (Å²) < 4.78 is 7.57. The monoisotopic (exact) mass is 375 g/mol. The number of allylic oxidation sites excluding steroid dienone is 1. The molecule has 0 saturated heterocycles. The van der Waals surface area contributed by atoms with E-state index in [9.17, 15) is 14.9 Å². The molecule has 0 unspecified atom stereocenters. The fraction of sp³-hybridized carbons (Fsp3) is 0.182. The lowest BCUT2D eigenvalue weighted by molar-refractivity contribution is -0.402. The molecule has 2 aromatic carbocycles. The predicted octanol–water partition coefficient (Wildman–Crippen LogP) is 4.42. The number of fused-ring (bicyclic) bond motifs is 2. The van der Waals surface area contributed by atoms with Crippen molar-refractivity contribution in [2.24, 2.45) is 0 Å². The molecule has 28 heavy (non-hydrogen) atoms. The van der Waals surface area contributed by atoms with Crippen molar-refractivity contribution < 1.29 is 13.9 Å². The zero-order valence-corrected chi connectivity index (χ0v) is 15.8. The molecule has 140 valence electrons. The Morgan fingerprint density at radius 2 is 1.89 bits per heavy atom. The Bertz CT molecular complexity index is 1250. The van der Waals surface area contributed by atoms with Gasteiger partial charge in [-0.05, 0) is 32.1 Å². The summed E-state index contributed by atoms with van der Waals surface area (Å²) in [5.74, 6) is 0. The van der Waals surface area contributed by atoms with E-state index in [0.717, 1.165) is 17.0 Å². The third-order valence-corrected chi connectivity index (χ3v) is 5.35. The van der Waals surface area contributed by atoms with E-state index in [2.05, 4.69) is 0 Å². The van der Waals surface area contributed by atoms with Crippen LogP contribution in [0.4, 0.5) is 11.4 Å². The van der Waals surface area contributed by atoms with Crippen LogP contribution < -0.4 is 5.43 Å². The van der Waals surface area contributed by atoms with Crippen molar-refractivity contribution in [3.63, 3.8) is 0 Å². The first-order valence-corrected chi connectivity index (χ1v) is 8.89. The van der Waals surface area contributed by atoms with Gasteiger partial charge in [0.05, 0.1) is 21.3 Å². The summed E-state index contributed by atoms with van der Waals surface area (Å²) in [6, 6.07) is 12.0. The third-order valence-electron chi connectivity index (χ3n) is 5.35. The quantitative estimate of drug-likeness (QED) is 0.386. The number of hydrogen-bond acceptors (Lipinski definition) is 4. The summed E-state index contributed by atoms with van der Waals surface area (Å²) in [6.45, 7) is 4.03. The molecule has 0 fully saturated rings. The molecule has 0 aliphatic carbocycles. The first-order valence-electron chi connectivity index (χ1n) is 8.89. The number of rotatable bonds is 3. The Kier molecular flexibility index (Phi) is 4.00. The lowest BCUT2D eigenvalue weighted by atomic mass is 9.81. The first-order chi connectivity index (χ1) is 13.3. The molecule has 1 aliphatic rings. The molecule has 0 amide bonds. The average molecular weight is 375 g/mol. The molecular formula is C22H19N2O4+. The minimum atomic E-state index is -0.441. The van der Waals surface area contributed by atoms with E-state index in [1.165, 1.54) is 12.3 Å². The molecule has 3 aromatic rings. The molecule has 1 aromatic heterocycles. The van der Waals surface area contributed by atoms with Crippen LogP contribution in [0.2, 0.25) is 0 Å². The first kappa shape index (κ1) is 17.9. The van der Waals surface area contributed by atoms with Crippen molar-refractivity contribution in [1.29, 1.82) is 0 Å². The second-order valence-corrected chi connectivity index (χ2v) is 7.38. The van der Waals surface area contributed by atoms with E-state index in [4.69, 9.17) is 4.42 Å². The lowest BCUT2D eigenvalue weighted by Crippen LogP contribution is -2.26. The molecular weight excluding hydrogens is 356 g/mol. The highest BCUT2D eigenvalue weighted by molar-refractivity contribution is 6.05. The Labute approximate surface area is 161 Å². The van der Waals surface area contributed by atoms with Crippen LogP contribution in [0.15, 0.2) is 64.0 Å². The van der Waals surface area contributed by atoms with Crippen LogP contribution in [0.3, 0.4) is 0 Å². The number of para-hydroxylation sites is 1. The van der Waals surface area contributed by atoms with E-state index in [1.807, 2.05) is 37.6 Å². The smallest absolute Gasteiger partial charge is 0.270 e. The number of nitro benzene ring substituents is 1. The van der Waals surface area contributed by atoms with Crippen molar-refractivity contribution in [1.82, 2.24) is 0 Å². The van der Waals surface area contributed by atoms with Crippen LogP contribution in [0.5, 0.6) is 0 Å². The fourth-order valence-electron chi connectivity index (χ4n) is 3.81. The van der Waals surface area contributed by atoms with Crippen LogP contribution in [-0.4, -0.2) is 22.3 Å². The van der Waals surface area contributed by atoms with Gasteiger partial charge in [0.25, 0.3) is 5.69 Å². The topological polar surface area (TPSA) is 76.4 Å². The van der Waals surface area contributed by atoms with Gasteiger partial charge in [0.2, 0.25) is 5.69 Å². The maximum Gasteiger partial charge on any atom is 0.270 e. The minimum Gasteiger partial charge on any atom is -0.463 e. The maximum atomic E-state index is 12.7. The second-order valence-electron chi connectivity index (χ2n) is 7.38. The summed E-state index contributed by atoms with van der Waals surface area (Å²) in [5, 5.41) is 11.7. The van der Waals surface area contributed by atoms with Crippen molar-refractivity contribution in [2.75, 3.05) is 7.05 Å². The van der Waals surface area contributed by atoms with Crippen LogP contribution in [0.1, 0.15) is 25.0 Å². The Hall–Kier alpha value is -3.54. The van der Waals surface area contributed by atoms with Crippen molar-refractivity contribution in [2.45, 2.75) is 19.3 Å². The van der Waals surface area contributed by atoms with Gasteiger partial charge in [-0.2, -0.15) is 4.58 Å². The van der Waals surface area contributed by atoms with E-state index in [-0.39, 0.29) is 16.0 Å². The largest absolute Gasteiger partial charge is 0.463 e. The Morgan fingerprint density at radius 1 is 1.14 bits per heavy atom. The van der Waals surface area contributed by atoms with Crippen LogP contribution >= 0.6 is 0 Å². The molecule has 0 N–H and O–H groups in total. The lowest BCUT2D eigenvalue weighted by Gasteiger charge is -2.15. The molecule has 0 spiro atoms. The second kappa shape index (κ2) is 6.27. The number of non-ortho nitro benzene ring substituents is 1. The van der Waals surface area contributed by atoms with Crippen molar-refractivity contribution in [3.8, 4) is 0 Å². The van der Waals surface area contributed by atoms with Gasteiger partial charge in [0.1, 0.15) is 18.9 Å². The molecule has 0 atom stereocenters. The van der Waals surface area contributed by atoms with Crippen molar-refractivity contribution >= 4 is 34.1 Å². The maximum absolute atomic E-state index is 12.7. The Morgan fingerprint density at radius 3 is 2.64 bits per heavy atom. The zero-order chi connectivity index (χ0) is 20.1. The average Bonchev–Trinajstić information content (AvgIpc) is 2.87. The van der Waals surface area contributed by atoms with E-state index in [0.29, 0.717) is 16.5 Å². The summed E-state index contributed by atoms with van der Waals surface area (Å²) in [5.41, 5.74) is 3.29. The van der Waals surface area contributed by atoms with Crippen LogP contribution in [0.25, 0.3) is 17.0 Å². The number of hydrogen-bond donors (Lipinski definition) is 0. The molecule has 6 heteroatoms. The van der Waals surface area contributed by atoms with E-state index < -0.39 is 5.41 Å². The van der Waals surface area contributed by atoms with Crippen LogP contribution in [0, 0.1) is 10.1 Å². The van der Waals surface area contributed by atoms with Gasteiger partial charge < -0.3 is 4.42 Å². The molecule has 0 radical (unpaired) electrons. The van der Waals surface area contributed by atoms with Gasteiger partial charge in [-0.1, -0.05) is 12.1 Å².